The van der Waals surface area contributed by atoms with Crippen LogP contribution in [-0.4, -0.2) is 4.98 Å². The number of nitrogens with zero attached hydrogens (tertiary/aromatic N) is 1. The number of allylic oxidation sites excluding steroid dienone is 1. The van der Waals surface area contributed by atoms with Gasteiger partial charge in [-0.25, -0.2) is 4.98 Å². The summed E-state index contributed by atoms with van der Waals surface area (Å²) in [5, 5.41) is 3.32. The molecule has 1 rings (SSSR count). The van der Waals surface area contributed by atoms with Crippen LogP contribution in [0.5, 0.6) is 0 Å². The zero-order valence-corrected chi connectivity index (χ0v) is 8.03. The summed E-state index contributed by atoms with van der Waals surface area (Å²) in [7, 11) is 0. The molecule has 0 aliphatic carbocycles. The van der Waals surface area contributed by atoms with Gasteiger partial charge >= 0.3 is 0 Å². The van der Waals surface area contributed by atoms with Crippen LogP contribution < -0.4 is 0 Å². The van der Waals surface area contributed by atoms with Gasteiger partial charge < -0.3 is 0 Å². The van der Waals surface area contributed by atoms with E-state index in [0.29, 0.717) is 0 Å². The van der Waals surface area contributed by atoms with E-state index in [1.807, 2.05) is 0 Å². The Morgan fingerprint density at radius 1 is 1.64 bits per heavy atom. The third-order valence-electron chi connectivity index (χ3n) is 1.31. The number of hydrogen-bond acceptors (Lipinski definition) is 2. The van der Waals surface area contributed by atoms with Crippen molar-refractivity contribution in [1.29, 1.82) is 0 Å². The van der Waals surface area contributed by atoms with Gasteiger partial charge in [0.1, 0.15) is 0 Å². The van der Waals surface area contributed by atoms with Crippen molar-refractivity contribution < 1.29 is 0 Å². The molecule has 0 saturated carbocycles. The van der Waals surface area contributed by atoms with E-state index in [-0.39, 0.29) is 0 Å². The van der Waals surface area contributed by atoms with Gasteiger partial charge in [-0.2, -0.15) is 0 Å². The van der Waals surface area contributed by atoms with Gasteiger partial charge in [-0.05, 0) is 26.3 Å². The van der Waals surface area contributed by atoms with Crippen molar-refractivity contribution in [1.82, 2.24) is 4.98 Å². The molecule has 1 heterocycles. The standard InChI is InChI=1S/C9H13NS/c1-4-9-10-8(6-11-9)5-7(2)3/h5-6H,4H2,1-3H3. The lowest BCUT2D eigenvalue weighted by Gasteiger charge is -1.85. The fourth-order valence-corrected chi connectivity index (χ4v) is 1.55. The van der Waals surface area contributed by atoms with E-state index in [0.717, 1.165) is 12.1 Å². The van der Waals surface area contributed by atoms with Gasteiger partial charge in [-0.1, -0.05) is 12.5 Å². The third kappa shape index (κ3) is 2.46. The molecule has 0 unspecified atom stereocenters. The van der Waals surface area contributed by atoms with Gasteiger partial charge in [-0.3, -0.25) is 0 Å². The quantitative estimate of drug-likeness (QED) is 0.659. The summed E-state index contributed by atoms with van der Waals surface area (Å²) in [6, 6.07) is 0. The van der Waals surface area contributed by atoms with E-state index in [4.69, 9.17) is 0 Å². The highest BCUT2D eigenvalue weighted by Gasteiger charge is 1.95. The van der Waals surface area contributed by atoms with Gasteiger partial charge in [0, 0.05) is 5.38 Å². The minimum Gasteiger partial charge on any atom is -0.242 e. The van der Waals surface area contributed by atoms with Crippen LogP contribution in [0.25, 0.3) is 6.08 Å². The molecule has 11 heavy (non-hydrogen) atoms. The first-order valence-corrected chi connectivity index (χ1v) is 4.69. The fraction of sp³-hybridized carbons (Fsp3) is 0.444. The molecule has 0 radical (unpaired) electrons. The average Bonchev–Trinajstić information content (AvgIpc) is 2.34. The van der Waals surface area contributed by atoms with Crippen LogP contribution in [0.3, 0.4) is 0 Å². The van der Waals surface area contributed by atoms with E-state index in [1.165, 1.54) is 10.6 Å². The molecule has 0 N–H and O–H groups in total. The van der Waals surface area contributed by atoms with Gasteiger partial charge in [-0.15, -0.1) is 11.3 Å². The van der Waals surface area contributed by atoms with Gasteiger partial charge in [0.2, 0.25) is 0 Å². The molecule has 0 atom stereocenters. The molecule has 0 aromatic carbocycles. The maximum Gasteiger partial charge on any atom is 0.0929 e. The Morgan fingerprint density at radius 2 is 2.36 bits per heavy atom. The monoisotopic (exact) mass is 167 g/mol. The summed E-state index contributed by atoms with van der Waals surface area (Å²) >= 11 is 1.74. The second-order valence-corrected chi connectivity index (χ2v) is 3.68. The SMILES string of the molecule is CCc1nc(C=C(C)C)cs1. The van der Waals surface area contributed by atoms with Crippen molar-refractivity contribution >= 4 is 17.4 Å². The minimum atomic E-state index is 1.04. The van der Waals surface area contributed by atoms with Crippen LogP contribution in [0.15, 0.2) is 11.0 Å². The Hall–Kier alpha value is -0.630. The van der Waals surface area contributed by atoms with Crippen LogP contribution in [0.4, 0.5) is 0 Å². The minimum absolute atomic E-state index is 1.04. The highest BCUT2D eigenvalue weighted by Crippen LogP contribution is 2.12. The first-order chi connectivity index (χ1) is 5.22. The van der Waals surface area contributed by atoms with Crippen LogP contribution in [0, 0.1) is 0 Å². The molecule has 0 bridgehead atoms. The topological polar surface area (TPSA) is 12.9 Å². The van der Waals surface area contributed by atoms with E-state index in [1.54, 1.807) is 11.3 Å². The van der Waals surface area contributed by atoms with Gasteiger partial charge in [0.25, 0.3) is 0 Å². The Bertz CT molecular complexity index is 256. The largest absolute Gasteiger partial charge is 0.242 e. The van der Waals surface area contributed by atoms with Crippen molar-refractivity contribution in [2.75, 3.05) is 0 Å². The lowest BCUT2D eigenvalue weighted by atomic mass is 10.3. The second kappa shape index (κ2) is 3.67. The van der Waals surface area contributed by atoms with Crippen molar-refractivity contribution in [3.05, 3.63) is 21.7 Å². The first kappa shape index (κ1) is 8.47. The summed E-state index contributed by atoms with van der Waals surface area (Å²) in [6.45, 7) is 6.31. The van der Waals surface area contributed by atoms with Crippen LogP contribution in [0.1, 0.15) is 31.5 Å². The van der Waals surface area contributed by atoms with Crippen molar-refractivity contribution in [2.24, 2.45) is 0 Å². The zero-order chi connectivity index (χ0) is 8.27. The van der Waals surface area contributed by atoms with E-state index in [2.05, 4.69) is 37.2 Å². The molecule has 0 aliphatic rings. The highest BCUT2D eigenvalue weighted by molar-refractivity contribution is 7.09. The molecule has 0 amide bonds. The molecule has 2 heteroatoms. The van der Waals surface area contributed by atoms with E-state index >= 15 is 0 Å². The molecular formula is C9H13NS. The molecule has 1 nitrogen and oxygen atoms in total. The summed E-state index contributed by atoms with van der Waals surface area (Å²) in [5.74, 6) is 0. The lowest BCUT2D eigenvalue weighted by Crippen LogP contribution is -1.77. The van der Waals surface area contributed by atoms with Crippen LogP contribution in [0.2, 0.25) is 0 Å². The number of aromatic nitrogens is 1. The smallest absolute Gasteiger partial charge is 0.0929 e. The maximum absolute atomic E-state index is 4.41. The molecule has 0 spiro atoms. The summed E-state index contributed by atoms with van der Waals surface area (Å²) in [5.41, 5.74) is 2.41. The second-order valence-electron chi connectivity index (χ2n) is 2.74. The predicted molar refractivity (Wildman–Crippen MR) is 50.8 cm³/mol. The molecule has 1 aromatic rings. The molecule has 0 saturated heterocycles. The Labute approximate surface area is 71.8 Å². The Morgan fingerprint density at radius 3 is 2.82 bits per heavy atom. The maximum atomic E-state index is 4.41. The number of hydrogen-bond donors (Lipinski definition) is 0. The summed E-state index contributed by atoms with van der Waals surface area (Å²) in [4.78, 5) is 4.41. The molecule has 1 aromatic heterocycles. The van der Waals surface area contributed by atoms with E-state index < -0.39 is 0 Å². The predicted octanol–water partition coefficient (Wildman–Crippen LogP) is 3.13. The van der Waals surface area contributed by atoms with Gasteiger partial charge in [0.05, 0.1) is 10.7 Å². The van der Waals surface area contributed by atoms with Crippen molar-refractivity contribution in [3.8, 4) is 0 Å². The third-order valence-corrected chi connectivity index (χ3v) is 2.32. The normalized spacial score (nSPS) is 9.73. The number of rotatable bonds is 2. The first-order valence-electron chi connectivity index (χ1n) is 3.81. The number of thiazole rings is 1. The molecular weight excluding hydrogens is 154 g/mol. The highest BCUT2D eigenvalue weighted by atomic mass is 32.1. The molecule has 0 aliphatic heterocycles. The van der Waals surface area contributed by atoms with Gasteiger partial charge in [0.15, 0.2) is 0 Å². The Kier molecular flexibility index (Phi) is 2.83. The molecule has 60 valence electrons. The zero-order valence-electron chi connectivity index (χ0n) is 7.22. The van der Waals surface area contributed by atoms with Crippen LogP contribution >= 0.6 is 11.3 Å². The summed E-state index contributed by atoms with van der Waals surface area (Å²) < 4.78 is 0. The average molecular weight is 167 g/mol. The number of aryl methyl sites for hydroxylation is 1. The van der Waals surface area contributed by atoms with Crippen LogP contribution in [-0.2, 0) is 6.42 Å². The Balaban J connectivity index is 2.81. The van der Waals surface area contributed by atoms with E-state index in [9.17, 15) is 0 Å². The van der Waals surface area contributed by atoms with Crippen molar-refractivity contribution in [2.45, 2.75) is 27.2 Å². The fourth-order valence-electron chi connectivity index (χ4n) is 0.850. The van der Waals surface area contributed by atoms with Crippen molar-refractivity contribution in [3.63, 3.8) is 0 Å². The molecule has 0 fully saturated rings. The lowest BCUT2D eigenvalue weighted by molar-refractivity contribution is 1.09. The summed E-state index contributed by atoms with van der Waals surface area (Å²) in [6.07, 6.45) is 3.15.